The van der Waals surface area contributed by atoms with Crippen molar-refractivity contribution in [3.63, 3.8) is 0 Å². The standard InChI is InChI=1S/C78H130NO8P/c1-6-8-10-12-14-16-18-20-22-24-26-28-30-32-33-34-35-36-37-38-39-40-41-42-43-44-45-47-49-51-53-55-57-59-61-63-65-67-69-71-78(81)87-76(75-86-88(82,83)85-73-72-79(3,4)5)74-84-77(80)70-68-66-64-62-60-58-56-54-52-50-48-46-31-29-27-25-23-21-19-17-15-13-11-9-7-2/h8-11,14-17,20-23,26-29,32-33,35-36,38-39,41-42,44-45,76H,6-7,12-13,18-19,24-25,30-31,34,37,40,43,46-75H2,1-5H3/p+1/b10-8-,11-9-,16-14-,17-15-,22-20-,23-21-,28-26-,29-27-,33-32-,36-35-,39-38-,42-41-,45-44-. The molecule has 500 valence electrons. The van der Waals surface area contributed by atoms with E-state index in [4.69, 9.17) is 18.5 Å². The highest BCUT2D eigenvalue weighted by atomic mass is 31.2. The first-order valence-corrected chi connectivity index (χ1v) is 36.7. The highest BCUT2D eigenvalue weighted by Gasteiger charge is 2.27. The van der Waals surface area contributed by atoms with E-state index in [1.54, 1.807) is 0 Å². The van der Waals surface area contributed by atoms with E-state index in [0.29, 0.717) is 17.4 Å². The van der Waals surface area contributed by atoms with Gasteiger partial charge in [0.15, 0.2) is 6.10 Å². The summed E-state index contributed by atoms with van der Waals surface area (Å²) >= 11 is 0. The molecule has 0 aromatic rings. The van der Waals surface area contributed by atoms with Crippen molar-refractivity contribution in [3.8, 4) is 0 Å². The van der Waals surface area contributed by atoms with Crippen LogP contribution < -0.4 is 0 Å². The van der Waals surface area contributed by atoms with Crippen LogP contribution in [0.4, 0.5) is 0 Å². The van der Waals surface area contributed by atoms with E-state index in [1.807, 2.05) is 21.1 Å². The van der Waals surface area contributed by atoms with Crippen LogP contribution in [0.25, 0.3) is 0 Å². The van der Waals surface area contributed by atoms with Crippen LogP contribution in [0.1, 0.15) is 271 Å². The Morgan fingerprint density at radius 3 is 0.909 bits per heavy atom. The minimum atomic E-state index is -4.40. The molecule has 0 aromatic heterocycles. The number of allylic oxidation sites excluding steroid dienone is 26. The Labute approximate surface area is 541 Å². The Morgan fingerprint density at radius 1 is 0.352 bits per heavy atom. The summed E-state index contributed by atoms with van der Waals surface area (Å²) in [5, 5.41) is 0. The normalized spacial score (nSPS) is 14.1. The number of carbonyl (C=O) groups is 2. The molecule has 0 aliphatic heterocycles. The van der Waals surface area contributed by atoms with E-state index in [-0.39, 0.29) is 32.0 Å². The number of hydrogen-bond acceptors (Lipinski definition) is 7. The van der Waals surface area contributed by atoms with Gasteiger partial charge in [0.2, 0.25) is 0 Å². The van der Waals surface area contributed by atoms with Gasteiger partial charge >= 0.3 is 19.8 Å². The molecule has 10 heteroatoms. The molecule has 0 aromatic carbocycles. The van der Waals surface area contributed by atoms with Crippen molar-refractivity contribution in [2.45, 2.75) is 277 Å². The maximum atomic E-state index is 12.9. The van der Waals surface area contributed by atoms with Gasteiger partial charge in [0.05, 0.1) is 27.7 Å². The quantitative estimate of drug-likeness (QED) is 0.0211. The van der Waals surface area contributed by atoms with Crippen molar-refractivity contribution in [1.29, 1.82) is 0 Å². The number of rotatable bonds is 63. The number of phosphoric acid groups is 1. The largest absolute Gasteiger partial charge is 0.472 e. The van der Waals surface area contributed by atoms with Crippen LogP contribution >= 0.6 is 7.82 Å². The first kappa shape index (κ1) is 83.6. The molecule has 2 unspecified atom stereocenters. The molecular formula is C78H131NO8P+. The summed E-state index contributed by atoms with van der Waals surface area (Å²) in [4.78, 5) is 35.9. The third-order valence-corrected chi connectivity index (χ3v) is 15.5. The first-order chi connectivity index (χ1) is 43.0. The van der Waals surface area contributed by atoms with E-state index >= 15 is 0 Å². The van der Waals surface area contributed by atoms with Crippen molar-refractivity contribution >= 4 is 19.8 Å². The van der Waals surface area contributed by atoms with Crippen molar-refractivity contribution in [2.24, 2.45) is 0 Å². The molecule has 0 fully saturated rings. The number of unbranched alkanes of at least 4 members (excludes halogenated alkanes) is 23. The van der Waals surface area contributed by atoms with Crippen molar-refractivity contribution < 1.29 is 42.1 Å². The van der Waals surface area contributed by atoms with Crippen molar-refractivity contribution in [2.75, 3.05) is 47.5 Å². The van der Waals surface area contributed by atoms with E-state index in [9.17, 15) is 19.0 Å². The van der Waals surface area contributed by atoms with Gasteiger partial charge in [-0.25, -0.2) is 4.57 Å². The molecule has 0 aliphatic rings. The molecule has 0 aliphatic carbocycles. The number of hydrogen-bond donors (Lipinski definition) is 1. The van der Waals surface area contributed by atoms with Crippen LogP contribution in [-0.4, -0.2) is 74.9 Å². The summed E-state index contributed by atoms with van der Waals surface area (Å²) in [6, 6.07) is 0. The lowest BCUT2D eigenvalue weighted by molar-refractivity contribution is -0.870. The number of ether oxygens (including phenoxy) is 2. The highest BCUT2D eigenvalue weighted by molar-refractivity contribution is 7.47. The zero-order valence-electron chi connectivity index (χ0n) is 56.9. The van der Waals surface area contributed by atoms with Gasteiger partial charge in [0.25, 0.3) is 0 Å². The Kier molecular flexibility index (Phi) is 63.7. The summed E-state index contributed by atoms with van der Waals surface area (Å²) in [5.41, 5.74) is 0. The van der Waals surface area contributed by atoms with Crippen LogP contribution in [0, 0.1) is 0 Å². The first-order valence-electron chi connectivity index (χ1n) is 35.2. The number of carbonyl (C=O) groups excluding carboxylic acids is 2. The Hall–Kier alpha value is -4.37. The third kappa shape index (κ3) is 70.7. The molecule has 0 spiro atoms. The Bertz CT molecular complexity index is 2040. The van der Waals surface area contributed by atoms with E-state index in [1.165, 1.54) is 109 Å². The maximum Gasteiger partial charge on any atom is 0.472 e. The van der Waals surface area contributed by atoms with E-state index in [2.05, 4.69) is 172 Å². The van der Waals surface area contributed by atoms with Crippen LogP contribution in [0.15, 0.2) is 158 Å². The second-order valence-corrected chi connectivity index (χ2v) is 25.6. The lowest BCUT2D eigenvalue weighted by atomic mass is 10.0. The lowest BCUT2D eigenvalue weighted by Gasteiger charge is -2.24. The van der Waals surface area contributed by atoms with Crippen LogP contribution in [0.5, 0.6) is 0 Å². The van der Waals surface area contributed by atoms with Gasteiger partial charge in [-0.3, -0.25) is 18.6 Å². The number of esters is 2. The summed E-state index contributed by atoms with van der Waals surface area (Å²) in [5.74, 6) is -0.807. The summed E-state index contributed by atoms with van der Waals surface area (Å²) < 4.78 is 34.7. The molecule has 0 bridgehead atoms. The minimum absolute atomic E-state index is 0.0239. The molecule has 88 heavy (non-hydrogen) atoms. The average Bonchev–Trinajstić information content (AvgIpc) is 3.68. The zero-order valence-corrected chi connectivity index (χ0v) is 57.8. The zero-order chi connectivity index (χ0) is 64.1. The molecule has 0 saturated heterocycles. The monoisotopic (exact) mass is 1240 g/mol. The van der Waals surface area contributed by atoms with Crippen LogP contribution in [-0.2, 0) is 32.7 Å². The molecule has 0 heterocycles. The molecule has 0 radical (unpaired) electrons. The van der Waals surface area contributed by atoms with Gasteiger partial charge in [-0.15, -0.1) is 0 Å². The average molecular weight is 1240 g/mol. The number of likely N-dealkylation sites (N-methyl/N-ethyl adjacent to an activating group) is 1. The molecule has 2 atom stereocenters. The Morgan fingerprint density at radius 2 is 0.614 bits per heavy atom. The third-order valence-electron chi connectivity index (χ3n) is 14.6. The van der Waals surface area contributed by atoms with Gasteiger partial charge in [0, 0.05) is 12.8 Å². The van der Waals surface area contributed by atoms with Crippen molar-refractivity contribution in [1.82, 2.24) is 0 Å². The predicted octanol–water partition coefficient (Wildman–Crippen LogP) is 23.2. The molecule has 0 rings (SSSR count). The predicted molar refractivity (Wildman–Crippen MR) is 380 cm³/mol. The summed E-state index contributed by atoms with van der Waals surface area (Å²) in [6.45, 7) is 4.20. The second-order valence-electron chi connectivity index (χ2n) is 24.2. The lowest BCUT2D eigenvalue weighted by Crippen LogP contribution is -2.37. The SMILES string of the molecule is CC/C=C\C/C=C\C/C=C\C/C=C\C/C=C\C/C=C\C/C=C\C/C=C\C/C=C\CCCCCCCCCCCCCC(=O)OC(COC(=O)CCCCCCCCCCCCCC/C=C\C/C=C\C/C=C\C/C=C\CC)COP(=O)(O)OCC[N+](C)(C)C. The molecule has 0 amide bonds. The Balaban J connectivity index is 4.09. The van der Waals surface area contributed by atoms with Gasteiger partial charge in [-0.05, 0) is 122 Å². The molecule has 0 saturated carbocycles. The summed E-state index contributed by atoms with van der Waals surface area (Å²) in [7, 11) is 1.46. The number of nitrogens with zero attached hydrogens (tertiary/aromatic N) is 1. The van der Waals surface area contributed by atoms with Crippen LogP contribution in [0.2, 0.25) is 0 Å². The second kappa shape index (κ2) is 67.0. The smallest absolute Gasteiger partial charge is 0.462 e. The van der Waals surface area contributed by atoms with Gasteiger partial charge in [-0.1, -0.05) is 294 Å². The number of phosphoric ester groups is 1. The van der Waals surface area contributed by atoms with E-state index in [0.717, 1.165) is 128 Å². The van der Waals surface area contributed by atoms with Crippen molar-refractivity contribution in [3.05, 3.63) is 158 Å². The highest BCUT2D eigenvalue weighted by Crippen LogP contribution is 2.43. The fourth-order valence-electron chi connectivity index (χ4n) is 9.24. The fraction of sp³-hybridized carbons (Fsp3) is 0.641. The maximum absolute atomic E-state index is 12.9. The minimum Gasteiger partial charge on any atom is -0.462 e. The number of quaternary nitrogens is 1. The van der Waals surface area contributed by atoms with Gasteiger partial charge in [-0.2, -0.15) is 0 Å². The molecule has 1 N–H and O–H groups in total. The molecule has 9 nitrogen and oxygen atoms in total. The van der Waals surface area contributed by atoms with Gasteiger partial charge in [0.1, 0.15) is 19.8 Å². The van der Waals surface area contributed by atoms with Gasteiger partial charge < -0.3 is 18.9 Å². The topological polar surface area (TPSA) is 108 Å². The molecular weight excluding hydrogens is 1110 g/mol. The fourth-order valence-corrected chi connectivity index (χ4v) is 9.98. The summed E-state index contributed by atoms with van der Waals surface area (Å²) in [6.07, 6.45) is 101. The van der Waals surface area contributed by atoms with Crippen LogP contribution in [0.3, 0.4) is 0 Å². The van der Waals surface area contributed by atoms with E-state index < -0.39 is 26.5 Å².